The zero-order valence-corrected chi connectivity index (χ0v) is 16.8. The summed E-state index contributed by atoms with van der Waals surface area (Å²) in [6.07, 6.45) is 3.78. The van der Waals surface area contributed by atoms with Crippen LogP contribution in [0.5, 0.6) is 11.5 Å². The first-order valence-corrected chi connectivity index (χ1v) is 9.79. The standard InChI is InChI=1S/C21H22ClN3O4/c1-14-2-5-17(8-23-14)29-10-19(27)25-21-11-20(12-21,13-21)24-18(26)9-28-16-6-3-15(22)4-7-16/h2-8H,9-13H2,1H3,(H,24,26)(H,25,27). The quantitative estimate of drug-likeness (QED) is 0.691. The van der Waals surface area contributed by atoms with Crippen molar-refractivity contribution in [1.29, 1.82) is 0 Å². The molecule has 0 radical (unpaired) electrons. The van der Waals surface area contributed by atoms with Gasteiger partial charge in [0.1, 0.15) is 11.5 Å². The van der Waals surface area contributed by atoms with Gasteiger partial charge in [0.25, 0.3) is 11.8 Å². The molecule has 3 aliphatic rings. The Morgan fingerprint density at radius 1 is 0.931 bits per heavy atom. The third kappa shape index (κ3) is 4.45. The lowest BCUT2D eigenvalue weighted by Gasteiger charge is -2.70. The number of nitrogens with one attached hydrogen (secondary N) is 2. The maximum atomic E-state index is 12.2. The highest BCUT2D eigenvalue weighted by Crippen LogP contribution is 2.60. The zero-order chi connectivity index (χ0) is 20.5. The largest absolute Gasteiger partial charge is 0.484 e. The minimum absolute atomic E-state index is 0.0544. The molecule has 0 saturated heterocycles. The van der Waals surface area contributed by atoms with Gasteiger partial charge in [0.15, 0.2) is 13.2 Å². The summed E-state index contributed by atoms with van der Waals surface area (Å²) in [4.78, 5) is 28.4. The van der Waals surface area contributed by atoms with Crippen LogP contribution in [0.4, 0.5) is 0 Å². The van der Waals surface area contributed by atoms with Gasteiger partial charge in [-0.05, 0) is 62.6 Å². The summed E-state index contributed by atoms with van der Waals surface area (Å²) in [5.74, 6) is 0.813. The fourth-order valence-corrected chi connectivity index (χ4v) is 4.21. The van der Waals surface area contributed by atoms with Gasteiger partial charge in [0.05, 0.1) is 6.20 Å². The Kier molecular flexibility index (Phi) is 5.08. The molecule has 7 nitrogen and oxygen atoms in total. The Hall–Kier alpha value is -2.80. The van der Waals surface area contributed by atoms with Crippen LogP contribution in [0.1, 0.15) is 25.0 Å². The Morgan fingerprint density at radius 2 is 1.45 bits per heavy atom. The number of nitrogens with zero attached hydrogens (tertiary/aromatic N) is 1. The van der Waals surface area contributed by atoms with Gasteiger partial charge in [-0.3, -0.25) is 14.6 Å². The van der Waals surface area contributed by atoms with Crippen molar-refractivity contribution < 1.29 is 19.1 Å². The lowest BCUT2D eigenvalue weighted by atomic mass is 9.44. The molecule has 2 bridgehead atoms. The number of hydrogen-bond donors (Lipinski definition) is 2. The monoisotopic (exact) mass is 415 g/mol. The van der Waals surface area contributed by atoms with Crippen LogP contribution in [-0.4, -0.2) is 41.1 Å². The number of carbonyl (C=O) groups is 2. The average Bonchev–Trinajstić information content (AvgIpc) is 2.64. The third-order valence-corrected chi connectivity index (χ3v) is 5.53. The van der Waals surface area contributed by atoms with E-state index in [-0.39, 0.29) is 36.1 Å². The van der Waals surface area contributed by atoms with Crippen LogP contribution in [-0.2, 0) is 9.59 Å². The molecule has 3 fully saturated rings. The number of amides is 2. The second kappa shape index (κ2) is 7.55. The van der Waals surface area contributed by atoms with Crippen molar-refractivity contribution >= 4 is 23.4 Å². The Labute approximate surface area is 173 Å². The van der Waals surface area contributed by atoms with Crippen molar-refractivity contribution in [1.82, 2.24) is 15.6 Å². The van der Waals surface area contributed by atoms with Crippen molar-refractivity contribution in [2.75, 3.05) is 13.2 Å². The summed E-state index contributed by atoms with van der Waals surface area (Å²) in [7, 11) is 0. The molecule has 0 atom stereocenters. The molecule has 2 amide bonds. The van der Waals surface area contributed by atoms with Crippen LogP contribution in [0.2, 0.25) is 5.02 Å². The molecule has 1 heterocycles. The van der Waals surface area contributed by atoms with Crippen LogP contribution >= 0.6 is 11.6 Å². The number of benzene rings is 1. The van der Waals surface area contributed by atoms with E-state index in [2.05, 4.69) is 15.6 Å². The number of ether oxygens (including phenoxy) is 2. The Balaban J connectivity index is 1.16. The molecule has 29 heavy (non-hydrogen) atoms. The highest BCUT2D eigenvalue weighted by atomic mass is 35.5. The molecule has 1 aromatic carbocycles. The predicted octanol–water partition coefficient (Wildman–Crippen LogP) is 2.41. The van der Waals surface area contributed by atoms with Gasteiger partial charge in [0.2, 0.25) is 0 Å². The van der Waals surface area contributed by atoms with E-state index in [1.54, 1.807) is 36.5 Å². The smallest absolute Gasteiger partial charge is 0.258 e. The van der Waals surface area contributed by atoms with Crippen LogP contribution < -0.4 is 20.1 Å². The number of hydrogen-bond acceptors (Lipinski definition) is 5. The number of carbonyl (C=O) groups excluding carboxylic acids is 2. The summed E-state index contributed by atoms with van der Waals surface area (Å²) in [5, 5.41) is 6.66. The first-order valence-electron chi connectivity index (χ1n) is 9.41. The maximum Gasteiger partial charge on any atom is 0.258 e. The van der Waals surface area contributed by atoms with E-state index in [0.717, 1.165) is 25.0 Å². The molecule has 1 aromatic heterocycles. The van der Waals surface area contributed by atoms with Crippen LogP contribution in [0.25, 0.3) is 0 Å². The Morgan fingerprint density at radius 3 is 1.97 bits per heavy atom. The van der Waals surface area contributed by atoms with Crippen LogP contribution in [0, 0.1) is 6.92 Å². The number of aryl methyl sites for hydroxylation is 1. The summed E-state index contributed by atoms with van der Waals surface area (Å²) >= 11 is 5.82. The van der Waals surface area contributed by atoms with E-state index in [4.69, 9.17) is 21.1 Å². The first kappa shape index (κ1) is 19.5. The topological polar surface area (TPSA) is 89.6 Å². The lowest BCUT2D eigenvalue weighted by Crippen LogP contribution is -2.84. The van der Waals surface area contributed by atoms with Gasteiger partial charge in [-0.25, -0.2) is 0 Å². The fourth-order valence-electron chi connectivity index (χ4n) is 4.08. The minimum Gasteiger partial charge on any atom is -0.484 e. The normalized spacial score (nSPS) is 23.9. The van der Waals surface area contributed by atoms with Crippen molar-refractivity contribution in [3.63, 3.8) is 0 Å². The SMILES string of the molecule is Cc1ccc(OCC(=O)NC23CC(NC(=O)COc4ccc(Cl)cc4)(C2)C3)cn1. The molecular weight excluding hydrogens is 394 g/mol. The second-order valence-corrected chi connectivity index (χ2v) is 8.29. The summed E-state index contributed by atoms with van der Waals surface area (Å²) in [6.45, 7) is 1.78. The van der Waals surface area contributed by atoms with E-state index in [0.29, 0.717) is 16.5 Å². The number of pyridine rings is 1. The first-order chi connectivity index (χ1) is 13.9. The molecule has 0 aliphatic heterocycles. The second-order valence-electron chi connectivity index (χ2n) is 7.85. The average molecular weight is 416 g/mol. The maximum absolute atomic E-state index is 12.2. The summed E-state index contributed by atoms with van der Waals surface area (Å²) in [6, 6.07) is 10.5. The molecule has 2 aromatic rings. The van der Waals surface area contributed by atoms with E-state index in [9.17, 15) is 9.59 Å². The van der Waals surface area contributed by atoms with Gasteiger partial charge in [-0.1, -0.05) is 11.6 Å². The van der Waals surface area contributed by atoms with Crippen molar-refractivity contribution in [3.05, 3.63) is 53.3 Å². The number of halogens is 1. The van der Waals surface area contributed by atoms with Gasteiger partial charge in [0, 0.05) is 21.8 Å². The van der Waals surface area contributed by atoms with Gasteiger partial charge in [-0.15, -0.1) is 0 Å². The van der Waals surface area contributed by atoms with Gasteiger partial charge in [-0.2, -0.15) is 0 Å². The molecule has 152 valence electrons. The third-order valence-electron chi connectivity index (χ3n) is 5.28. The van der Waals surface area contributed by atoms with E-state index < -0.39 is 0 Å². The summed E-state index contributed by atoms with van der Waals surface area (Å²) in [5.41, 5.74) is 0.438. The van der Waals surface area contributed by atoms with Crippen LogP contribution in [0.15, 0.2) is 42.6 Å². The summed E-state index contributed by atoms with van der Waals surface area (Å²) < 4.78 is 10.9. The molecule has 0 spiro atoms. The van der Waals surface area contributed by atoms with Crippen LogP contribution in [0.3, 0.4) is 0 Å². The molecule has 2 N–H and O–H groups in total. The molecule has 0 unspecified atom stereocenters. The minimum atomic E-state index is -0.227. The molecular formula is C21H22ClN3O4. The van der Waals surface area contributed by atoms with Crippen molar-refractivity contribution in [3.8, 4) is 11.5 Å². The number of aromatic nitrogens is 1. The zero-order valence-electron chi connectivity index (χ0n) is 16.0. The molecule has 3 aliphatic carbocycles. The fraction of sp³-hybridized carbons (Fsp3) is 0.381. The van der Waals surface area contributed by atoms with E-state index >= 15 is 0 Å². The highest BCUT2D eigenvalue weighted by Gasteiger charge is 2.69. The molecule has 3 saturated carbocycles. The van der Waals surface area contributed by atoms with Gasteiger partial charge >= 0.3 is 0 Å². The van der Waals surface area contributed by atoms with Crippen molar-refractivity contribution in [2.45, 2.75) is 37.3 Å². The Bertz CT molecular complexity index is 821. The highest BCUT2D eigenvalue weighted by molar-refractivity contribution is 6.30. The molecule has 8 heteroatoms. The van der Waals surface area contributed by atoms with Crippen molar-refractivity contribution in [2.24, 2.45) is 0 Å². The van der Waals surface area contributed by atoms with Gasteiger partial charge < -0.3 is 20.1 Å². The molecule has 5 rings (SSSR count). The lowest BCUT2D eigenvalue weighted by molar-refractivity contribution is -0.151. The predicted molar refractivity (Wildman–Crippen MR) is 107 cm³/mol. The van der Waals surface area contributed by atoms with E-state index in [1.807, 2.05) is 13.0 Å². The number of rotatable bonds is 8. The van der Waals surface area contributed by atoms with E-state index in [1.165, 1.54) is 0 Å².